The molecule has 3 heteroatoms. The van der Waals surface area contributed by atoms with Gasteiger partial charge in [0.2, 0.25) is 0 Å². The Labute approximate surface area is 113 Å². The highest BCUT2D eigenvalue weighted by molar-refractivity contribution is 4.82. The monoisotopic (exact) mass is 256 g/mol. The van der Waals surface area contributed by atoms with Crippen LogP contribution in [0, 0.1) is 0 Å². The Bertz CT molecular complexity index is 207. The third-order valence-corrected chi connectivity index (χ3v) is 4.23. The SMILES string of the molecule is CCN(CC)CCCC(C)N[C@H]1CCCC[C@@H]1O. The average molecular weight is 256 g/mol. The fourth-order valence-corrected chi connectivity index (χ4v) is 2.92. The lowest BCUT2D eigenvalue weighted by molar-refractivity contribution is 0.0850. The quantitative estimate of drug-likeness (QED) is 0.700. The predicted octanol–water partition coefficient (Wildman–Crippen LogP) is 2.39. The lowest BCUT2D eigenvalue weighted by atomic mass is 9.92. The molecule has 2 N–H and O–H groups in total. The molecule has 0 bridgehead atoms. The van der Waals surface area contributed by atoms with Crippen molar-refractivity contribution in [2.45, 2.75) is 77.5 Å². The van der Waals surface area contributed by atoms with Crippen molar-refractivity contribution in [2.24, 2.45) is 0 Å². The molecule has 0 aliphatic heterocycles. The van der Waals surface area contributed by atoms with Crippen LogP contribution in [0.1, 0.15) is 59.3 Å². The molecule has 0 amide bonds. The molecule has 1 aliphatic rings. The molecule has 0 radical (unpaired) electrons. The number of aliphatic hydroxyl groups excluding tert-OH is 1. The van der Waals surface area contributed by atoms with Crippen LogP contribution in [0.15, 0.2) is 0 Å². The van der Waals surface area contributed by atoms with Crippen LogP contribution >= 0.6 is 0 Å². The first kappa shape index (κ1) is 15.9. The zero-order chi connectivity index (χ0) is 13.4. The van der Waals surface area contributed by atoms with E-state index in [0.717, 1.165) is 25.9 Å². The fourth-order valence-electron chi connectivity index (χ4n) is 2.92. The van der Waals surface area contributed by atoms with Crippen molar-refractivity contribution >= 4 is 0 Å². The molecular weight excluding hydrogens is 224 g/mol. The summed E-state index contributed by atoms with van der Waals surface area (Å²) in [7, 11) is 0. The Morgan fingerprint density at radius 3 is 2.50 bits per heavy atom. The van der Waals surface area contributed by atoms with E-state index in [1.807, 2.05) is 0 Å². The van der Waals surface area contributed by atoms with E-state index in [9.17, 15) is 5.11 Å². The van der Waals surface area contributed by atoms with Crippen molar-refractivity contribution in [3.63, 3.8) is 0 Å². The van der Waals surface area contributed by atoms with Crippen LogP contribution in [0.2, 0.25) is 0 Å². The van der Waals surface area contributed by atoms with E-state index in [-0.39, 0.29) is 6.10 Å². The van der Waals surface area contributed by atoms with Crippen molar-refractivity contribution in [1.82, 2.24) is 10.2 Å². The molecule has 1 rings (SSSR count). The molecule has 0 aromatic carbocycles. The highest BCUT2D eigenvalue weighted by Gasteiger charge is 2.23. The number of aliphatic hydroxyl groups is 1. The molecule has 3 atom stereocenters. The number of hydrogen-bond donors (Lipinski definition) is 2. The smallest absolute Gasteiger partial charge is 0.0693 e. The Morgan fingerprint density at radius 2 is 1.89 bits per heavy atom. The summed E-state index contributed by atoms with van der Waals surface area (Å²) in [5.41, 5.74) is 0. The molecule has 18 heavy (non-hydrogen) atoms. The minimum Gasteiger partial charge on any atom is -0.392 e. The van der Waals surface area contributed by atoms with E-state index < -0.39 is 0 Å². The van der Waals surface area contributed by atoms with Crippen LogP contribution in [0.3, 0.4) is 0 Å². The molecule has 1 fully saturated rings. The summed E-state index contributed by atoms with van der Waals surface area (Å²) in [5, 5.41) is 13.5. The maximum absolute atomic E-state index is 9.94. The van der Waals surface area contributed by atoms with Gasteiger partial charge in [-0.25, -0.2) is 0 Å². The Kier molecular flexibility index (Phi) is 7.87. The van der Waals surface area contributed by atoms with E-state index in [2.05, 4.69) is 31.0 Å². The van der Waals surface area contributed by atoms with E-state index in [1.165, 1.54) is 32.2 Å². The van der Waals surface area contributed by atoms with Gasteiger partial charge in [0.05, 0.1) is 6.10 Å². The lowest BCUT2D eigenvalue weighted by Gasteiger charge is -2.31. The first-order valence-electron chi connectivity index (χ1n) is 7.83. The fraction of sp³-hybridized carbons (Fsp3) is 1.00. The molecule has 0 spiro atoms. The summed E-state index contributed by atoms with van der Waals surface area (Å²) in [5.74, 6) is 0. The minimum atomic E-state index is -0.121. The van der Waals surface area contributed by atoms with Crippen LogP contribution < -0.4 is 5.32 Å². The van der Waals surface area contributed by atoms with Gasteiger partial charge in [-0.1, -0.05) is 26.7 Å². The second kappa shape index (κ2) is 8.89. The van der Waals surface area contributed by atoms with Gasteiger partial charge in [0.1, 0.15) is 0 Å². The summed E-state index contributed by atoms with van der Waals surface area (Å²) in [6.45, 7) is 10.2. The topological polar surface area (TPSA) is 35.5 Å². The minimum absolute atomic E-state index is 0.121. The molecule has 1 unspecified atom stereocenters. The zero-order valence-corrected chi connectivity index (χ0v) is 12.5. The van der Waals surface area contributed by atoms with E-state index >= 15 is 0 Å². The standard InChI is InChI=1S/C15H32N2O/c1-4-17(5-2)12-8-9-13(3)16-14-10-6-7-11-15(14)18/h13-16,18H,4-12H2,1-3H3/t13?,14-,15-/m0/s1. The maximum Gasteiger partial charge on any atom is 0.0693 e. The van der Waals surface area contributed by atoms with Crippen LogP contribution in [0.4, 0.5) is 0 Å². The normalized spacial score (nSPS) is 26.5. The van der Waals surface area contributed by atoms with Crippen LogP contribution in [0.5, 0.6) is 0 Å². The third kappa shape index (κ3) is 5.68. The van der Waals surface area contributed by atoms with Gasteiger partial charge in [0.25, 0.3) is 0 Å². The average Bonchev–Trinajstić information content (AvgIpc) is 2.37. The van der Waals surface area contributed by atoms with Gasteiger partial charge in [-0.3, -0.25) is 0 Å². The molecule has 0 aromatic heterocycles. The number of hydrogen-bond acceptors (Lipinski definition) is 3. The van der Waals surface area contributed by atoms with Gasteiger partial charge in [-0.2, -0.15) is 0 Å². The van der Waals surface area contributed by atoms with E-state index in [1.54, 1.807) is 0 Å². The van der Waals surface area contributed by atoms with Gasteiger partial charge in [-0.15, -0.1) is 0 Å². The van der Waals surface area contributed by atoms with Gasteiger partial charge in [0, 0.05) is 12.1 Å². The molecule has 0 heterocycles. The lowest BCUT2D eigenvalue weighted by Crippen LogP contribution is -2.46. The maximum atomic E-state index is 9.94. The van der Waals surface area contributed by atoms with Crippen molar-refractivity contribution in [2.75, 3.05) is 19.6 Å². The number of rotatable bonds is 8. The highest BCUT2D eigenvalue weighted by atomic mass is 16.3. The summed E-state index contributed by atoms with van der Waals surface area (Å²) < 4.78 is 0. The molecular formula is C15H32N2O. The summed E-state index contributed by atoms with van der Waals surface area (Å²) in [6.07, 6.45) is 6.91. The number of nitrogens with one attached hydrogen (secondary N) is 1. The van der Waals surface area contributed by atoms with Gasteiger partial charge < -0.3 is 15.3 Å². The van der Waals surface area contributed by atoms with Gasteiger partial charge >= 0.3 is 0 Å². The van der Waals surface area contributed by atoms with E-state index in [4.69, 9.17) is 0 Å². The first-order valence-corrected chi connectivity index (χ1v) is 7.83. The Hall–Kier alpha value is -0.120. The van der Waals surface area contributed by atoms with E-state index in [0.29, 0.717) is 12.1 Å². The van der Waals surface area contributed by atoms with Gasteiger partial charge in [0.15, 0.2) is 0 Å². The highest BCUT2D eigenvalue weighted by Crippen LogP contribution is 2.19. The predicted molar refractivity (Wildman–Crippen MR) is 77.9 cm³/mol. The Balaban J connectivity index is 2.14. The largest absolute Gasteiger partial charge is 0.392 e. The summed E-state index contributed by atoms with van der Waals surface area (Å²) in [4.78, 5) is 2.47. The number of nitrogens with zero attached hydrogens (tertiary/aromatic N) is 1. The third-order valence-electron chi connectivity index (χ3n) is 4.23. The second-order valence-electron chi connectivity index (χ2n) is 5.70. The first-order chi connectivity index (χ1) is 8.67. The second-order valence-corrected chi connectivity index (χ2v) is 5.70. The summed E-state index contributed by atoms with van der Waals surface area (Å²) >= 11 is 0. The Morgan fingerprint density at radius 1 is 1.22 bits per heavy atom. The molecule has 108 valence electrons. The van der Waals surface area contributed by atoms with Crippen molar-refractivity contribution in [1.29, 1.82) is 0 Å². The molecule has 1 aliphatic carbocycles. The van der Waals surface area contributed by atoms with Crippen molar-refractivity contribution in [3.05, 3.63) is 0 Å². The molecule has 1 saturated carbocycles. The van der Waals surface area contributed by atoms with Crippen molar-refractivity contribution in [3.8, 4) is 0 Å². The molecule has 3 nitrogen and oxygen atoms in total. The molecule has 0 saturated heterocycles. The van der Waals surface area contributed by atoms with Crippen LogP contribution in [-0.2, 0) is 0 Å². The van der Waals surface area contributed by atoms with Crippen LogP contribution in [-0.4, -0.2) is 47.8 Å². The van der Waals surface area contributed by atoms with Crippen molar-refractivity contribution < 1.29 is 5.11 Å². The summed E-state index contributed by atoms with van der Waals surface area (Å²) in [6, 6.07) is 0.862. The van der Waals surface area contributed by atoms with Gasteiger partial charge in [-0.05, 0) is 52.2 Å². The molecule has 0 aromatic rings. The van der Waals surface area contributed by atoms with Crippen LogP contribution in [0.25, 0.3) is 0 Å². The zero-order valence-electron chi connectivity index (χ0n) is 12.5.